The van der Waals surface area contributed by atoms with E-state index in [1.807, 2.05) is 0 Å². The fraction of sp³-hybridized carbons (Fsp3) is 0.360. The molecule has 1 aliphatic carbocycles. The van der Waals surface area contributed by atoms with Gasteiger partial charge in [-0.05, 0) is 41.4 Å². The van der Waals surface area contributed by atoms with E-state index in [-0.39, 0.29) is 0 Å². The van der Waals surface area contributed by atoms with E-state index in [1.54, 1.807) is 0 Å². The third-order valence-electron chi connectivity index (χ3n) is 6.92. The number of hydrogen-bond acceptors (Lipinski definition) is 1. The highest BCUT2D eigenvalue weighted by Gasteiger charge is 2.44. The molecule has 0 amide bonds. The molecule has 2 aliphatic heterocycles. The van der Waals surface area contributed by atoms with Crippen molar-refractivity contribution in [1.29, 1.82) is 0 Å². The lowest BCUT2D eigenvalue weighted by molar-refractivity contribution is 0.0109. The molecule has 0 radical (unpaired) electrons. The summed E-state index contributed by atoms with van der Waals surface area (Å²) in [5.74, 6) is 0.699. The lowest BCUT2D eigenvalue weighted by Gasteiger charge is -2.52. The number of aromatic nitrogens is 1. The van der Waals surface area contributed by atoms with Crippen LogP contribution in [0.25, 0.3) is 22.2 Å². The highest BCUT2D eigenvalue weighted by molar-refractivity contribution is 5.90. The number of aromatic amines is 1. The zero-order valence-corrected chi connectivity index (χ0v) is 16.3. The Morgan fingerprint density at radius 1 is 1.04 bits per heavy atom. The first-order chi connectivity index (χ1) is 13.2. The molecule has 6 rings (SSSR count). The maximum Gasteiger partial charge on any atom is 0.0510 e. The summed E-state index contributed by atoms with van der Waals surface area (Å²) >= 11 is 0. The minimum absolute atomic E-state index is 0.399. The van der Waals surface area contributed by atoms with Crippen LogP contribution in [-0.2, 0) is 6.54 Å². The van der Waals surface area contributed by atoms with Crippen molar-refractivity contribution in [3.05, 3.63) is 72.3 Å². The van der Waals surface area contributed by atoms with Crippen LogP contribution >= 0.6 is 0 Å². The first kappa shape index (κ1) is 16.8. The summed E-state index contributed by atoms with van der Waals surface area (Å²) in [7, 11) is 0. The minimum atomic E-state index is 0.399. The molecule has 1 N–H and O–H groups in total. The largest absolute Gasteiger partial charge is 0.354 e. The molecule has 1 saturated heterocycles. The third kappa shape index (κ3) is 2.74. The summed E-state index contributed by atoms with van der Waals surface area (Å²) in [6.07, 6.45) is 7.53. The zero-order valence-electron chi connectivity index (χ0n) is 16.3. The number of nitrogens with zero attached hydrogens (tertiary/aromatic N) is 1. The smallest absolute Gasteiger partial charge is 0.0510 e. The molecule has 2 nitrogen and oxygen atoms in total. The molecule has 3 aromatic rings. The molecular formula is C25H28N2. The summed E-state index contributed by atoms with van der Waals surface area (Å²) in [6.45, 7) is 7.03. The number of hydrogen-bond donors (Lipinski definition) is 1. The van der Waals surface area contributed by atoms with Crippen LogP contribution in [0.2, 0.25) is 0 Å². The highest BCUT2D eigenvalue weighted by Crippen LogP contribution is 2.46. The Morgan fingerprint density at radius 2 is 1.81 bits per heavy atom. The normalized spacial score (nSPS) is 27.5. The van der Waals surface area contributed by atoms with Gasteiger partial charge >= 0.3 is 0 Å². The van der Waals surface area contributed by atoms with Crippen LogP contribution in [0.4, 0.5) is 0 Å². The predicted octanol–water partition coefficient (Wildman–Crippen LogP) is 6.01. The molecule has 2 bridgehead atoms. The van der Waals surface area contributed by atoms with Gasteiger partial charge in [-0.2, -0.15) is 0 Å². The van der Waals surface area contributed by atoms with Crippen molar-refractivity contribution in [2.24, 2.45) is 11.3 Å². The van der Waals surface area contributed by atoms with E-state index in [9.17, 15) is 0 Å². The van der Waals surface area contributed by atoms with Crippen molar-refractivity contribution in [1.82, 2.24) is 9.88 Å². The summed E-state index contributed by atoms with van der Waals surface area (Å²) < 4.78 is 0. The molecule has 1 aromatic heterocycles. The Kier molecular flexibility index (Phi) is 3.98. The lowest BCUT2D eigenvalue weighted by Crippen LogP contribution is -2.54. The van der Waals surface area contributed by atoms with Crippen molar-refractivity contribution >= 4 is 10.9 Å². The number of H-pyrrole nitrogens is 1. The molecule has 2 heteroatoms. The molecule has 3 atom stereocenters. The SMILES string of the molecule is CCC1(C)CC2C=CC1N(Cc1c(-c3ccccc3)[nH]c3ccccc13)C2. The lowest BCUT2D eigenvalue weighted by atomic mass is 9.65. The van der Waals surface area contributed by atoms with Crippen molar-refractivity contribution in [3.63, 3.8) is 0 Å². The molecular weight excluding hydrogens is 328 g/mol. The van der Waals surface area contributed by atoms with E-state index in [2.05, 4.69) is 90.5 Å². The molecule has 3 aliphatic rings. The fourth-order valence-electron chi connectivity index (χ4n) is 5.32. The number of fused-ring (bicyclic) bond motifs is 3. The van der Waals surface area contributed by atoms with Crippen LogP contribution in [0.15, 0.2) is 66.7 Å². The van der Waals surface area contributed by atoms with Crippen molar-refractivity contribution in [3.8, 4) is 11.3 Å². The Hall–Kier alpha value is -2.32. The van der Waals surface area contributed by atoms with Crippen molar-refractivity contribution in [2.45, 2.75) is 39.3 Å². The fourth-order valence-corrected chi connectivity index (χ4v) is 5.32. The summed E-state index contributed by atoms with van der Waals surface area (Å²) in [4.78, 5) is 6.43. The van der Waals surface area contributed by atoms with Crippen LogP contribution in [-0.4, -0.2) is 22.5 Å². The van der Waals surface area contributed by atoms with Crippen LogP contribution in [0.1, 0.15) is 32.3 Å². The Labute approximate surface area is 161 Å². The highest BCUT2D eigenvalue weighted by atomic mass is 15.2. The van der Waals surface area contributed by atoms with Gasteiger partial charge in [-0.1, -0.05) is 74.5 Å². The maximum absolute atomic E-state index is 3.70. The quantitative estimate of drug-likeness (QED) is 0.567. The number of piperidine rings is 1. The van der Waals surface area contributed by atoms with Crippen LogP contribution in [0.3, 0.4) is 0 Å². The van der Waals surface area contributed by atoms with E-state index in [0.717, 1.165) is 6.54 Å². The number of benzene rings is 2. The van der Waals surface area contributed by atoms with Gasteiger partial charge in [0.2, 0.25) is 0 Å². The van der Waals surface area contributed by atoms with Gasteiger partial charge in [-0.25, -0.2) is 0 Å². The van der Waals surface area contributed by atoms with Gasteiger partial charge in [0.1, 0.15) is 0 Å². The zero-order chi connectivity index (χ0) is 18.4. The third-order valence-corrected chi connectivity index (χ3v) is 6.92. The Bertz CT molecular complexity index is 984. The van der Waals surface area contributed by atoms with E-state index >= 15 is 0 Å². The predicted molar refractivity (Wildman–Crippen MR) is 114 cm³/mol. The Balaban J connectivity index is 1.58. The van der Waals surface area contributed by atoms with Crippen LogP contribution in [0.5, 0.6) is 0 Å². The number of nitrogens with one attached hydrogen (secondary N) is 1. The Morgan fingerprint density at radius 3 is 2.59 bits per heavy atom. The molecule has 3 unspecified atom stereocenters. The monoisotopic (exact) mass is 356 g/mol. The van der Waals surface area contributed by atoms with E-state index in [0.29, 0.717) is 17.4 Å². The van der Waals surface area contributed by atoms with Gasteiger partial charge in [-0.15, -0.1) is 0 Å². The number of rotatable bonds is 4. The molecule has 138 valence electrons. The number of para-hydroxylation sites is 1. The first-order valence-corrected chi connectivity index (χ1v) is 10.3. The van der Waals surface area contributed by atoms with Crippen LogP contribution in [0, 0.1) is 11.3 Å². The van der Waals surface area contributed by atoms with Gasteiger partial charge in [0.05, 0.1) is 5.69 Å². The van der Waals surface area contributed by atoms with E-state index in [4.69, 9.17) is 0 Å². The molecule has 27 heavy (non-hydrogen) atoms. The minimum Gasteiger partial charge on any atom is -0.354 e. The van der Waals surface area contributed by atoms with Crippen LogP contribution < -0.4 is 0 Å². The topological polar surface area (TPSA) is 19.0 Å². The van der Waals surface area contributed by atoms with Gasteiger partial charge in [-0.3, -0.25) is 4.90 Å². The second-order valence-corrected chi connectivity index (χ2v) is 8.62. The van der Waals surface area contributed by atoms with Gasteiger partial charge in [0, 0.05) is 30.0 Å². The molecule has 2 aromatic carbocycles. The molecule has 0 spiro atoms. The average molecular weight is 357 g/mol. The van der Waals surface area contributed by atoms with Gasteiger partial charge < -0.3 is 4.98 Å². The maximum atomic E-state index is 3.70. The molecule has 1 fully saturated rings. The first-order valence-electron chi connectivity index (χ1n) is 10.3. The van der Waals surface area contributed by atoms with Crippen molar-refractivity contribution < 1.29 is 0 Å². The van der Waals surface area contributed by atoms with Gasteiger partial charge in [0.15, 0.2) is 0 Å². The van der Waals surface area contributed by atoms with Crippen molar-refractivity contribution in [2.75, 3.05) is 6.54 Å². The summed E-state index contributed by atoms with van der Waals surface area (Å²) in [6, 6.07) is 20.1. The summed E-state index contributed by atoms with van der Waals surface area (Å²) in [5.41, 5.74) is 5.63. The second kappa shape index (κ2) is 6.38. The molecule has 0 saturated carbocycles. The summed E-state index contributed by atoms with van der Waals surface area (Å²) in [5, 5.41) is 1.36. The average Bonchev–Trinajstić information content (AvgIpc) is 3.07. The molecule has 3 heterocycles. The van der Waals surface area contributed by atoms with E-state index < -0.39 is 0 Å². The van der Waals surface area contributed by atoms with E-state index in [1.165, 1.54) is 47.1 Å². The second-order valence-electron chi connectivity index (χ2n) is 8.62. The standard InChI is InChI=1S/C25H28N2/c1-3-25(2)15-18-13-14-23(25)27(16-18)17-21-20-11-7-8-12-22(20)26-24(21)19-9-5-4-6-10-19/h4-14,18,23,26H,3,15-17H2,1-2H3. The van der Waals surface area contributed by atoms with Gasteiger partial charge in [0.25, 0.3) is 0 Å².